The molecule has 63 heavy (non-hydrogen) atoms. The summed E-state index contributed by atoms with van der Waals surface area (Å²) in [4.78, 5) is 6.95. The van der Waals surface area contributed by atoms with Gasteiger partial charge in [0.05, 0.1) is 0 Å². The summed E-state index contributed by atoms with van der Waals surface area (Å²) < 4.78 is 0. The molecule has 9 aromatic rings. The van der Waals surface area contributed by atoms with Crippen molar-refractivity contribution < 1.29 is 0 Å². The van der Waals surface area contributed by atoms with E-state index >= 15 is 0 Å². The van der Waals surface area contributed by atoms with Gasteiger partial charge in [-0.3, -0.25) is 0 Å². The van der Waals surface area contributed by atoms with Crippen LogP contribution in [-0.2, 0) is 0 Å². The molecule has 0 N–H and O–H groups in total. The molecule has 312 valence electrons. The highest BCUT2D eigenvalue weighted by atomic mass is 15.2. The first-order valence-electron chi connectivity index (χ1n) is 21.7. The Morgan fingerprint density at radius 2 is 0.397 bits per heavy atom. The third-order valence-electron chi connectivity index (χ3n) is 10.7. The number of para-hydroxylation sites is 2. The lowest BCUT2D eigenvalue weighted by Gasteiger charge is -2.29. The molecule has 0 aliphatic carbocycles. The highest BCUT2D eigenvalue weighted by Crippen LogP contribution is 2.41. The van der Waals surface area contributed by atoms with Crippen molar-refractivity contribution in [2.75, 3.05) is 14.7 Å². The Morgan fingerprint density at radius 1 is 0.175 bits per heavy atom. The predicted molar refractivity (Wildman–Crippen MR) is 272 cm³/mol. The minimum absolute atomic E-state index is 1.09. The summed E-state index contributed by atoms with van der Waals surface area (Å²) in [6.45, 7) is 12.7. The Morgan fingerprint density at radius 3 is 0.683 bits per heavy atom. The minimum Gasteiger partial charge on any atom is -0.311 e. The largest absolute Gasteiger partial charge is 0.311 e. The van der Waals surface area contributed by atoms with E-state index in [1.54, 1.807) is 0 Å². The molecule has 0 saturated carbocycles. The summed E-state index contributed by atoms with van der Waals surface area (Å²) in [5.74, 6) is 0. The molecule has 0 radical (unpaired) electrons. The van der Waals surface area contributed by atoms with Gasteiger partial charge in [-0.05, 0) is 162 Å². The van der Waals surface area contributed by atoms with Crippen molar-refractivity contribution in [1.29, 1.82) is 0 Å². The minimum atomic E-state index is 1.09. The van der Waals surface area contributed by atoms with Crippen molar-refractivity contribution in [3.63, 3.8) is 0 Å². The van der Waals surface area contributed by atoms with E-state index in [9.17, 15) is 0 Å². The van der Waals surface area contributed by atoms with Crippen LogP contribution < -0.4 is 14.7 Å². The van der Waals surface area contributed by atoms with E-state index in [4.69, 9.17) is 0 Å². The van der Waals surface area contributed by atoms with Crippen LogP contribution in [0.3, 0.4) is 0 Å². The normalized spacial score (nSPS) is 10.4. The molecule has 0 aliphatic rings. The van der Waals surface area contributed by atoms with E-state index in [-0.39, 0.29) is 0 Å². The molecular weight excluding hydrogens is 763 g/mol. The number of benzene rings is 9. The Labute approximate surface area is 375 Å². The van der Waals surface area contributed by atoms with Crippen LogP contribution in [0.15, 0.2) is 237 Å². The second-order valence-electron chi connectivity index (χ2n) is 16.0. The number of hydrogen-bond acceptors (Lipinski definition) is 3. The zero-order valence-electron chi connectivity index (χ0n) is 37.4. The highest BCUT2D eigenvalue weighted by Gasteiger charge is 2.18. The smallest absolute Gasteiger partial charge is 0.0464 e. The molecule has 0 aliphatic heterocycles. The summed E-state index contributed by atoms with van der Waals surface area (Å²) in [7, 11) is 0. The zero-order valence-corrected chi connectivity index (χ0v) is 37.4. The van der Waals surface area contributed by atoms with Gasteiger partial charge in [-0.25, -0.2) is 0 Å². The van der Waals surface area contributed by atoms with Crippen LogP contribution in [-0.4, -0.2) is 0 Å². The van der Waals surface area contributed by atoms with Gasteiger partial charge < -0.3 is 14.7 Å². The van der Waals surface area contributed by atoms with Gasteiger partial charge in [0, 0.05) is 51.2 Å². The van der Waals surface area contributed by atoms with Gasteiger partial charge >= 0.3 is 0 Å². The summed E-state index contributed by atoms with van der Waals surface area (Å²) >= 11 is 0. The molecule has 0 bridgehead atoms. The summed E-state index contributed by atoms with van der Waals surface area (Å²) in [5.41, 5.74) is 17.7. The first kappa shape index (κ1) is 43.5. The topological polar surface area (TPSA) is 9.72 Å². The zero-order chi connectivity index (χ0) is 44.0. The first-order chi connectivity index (χ1) is 30.7. The number of hydrogen-bond donors (Lipinski definition) is 0. The number of aryl methyl sites for hydroxylation is 6. The fraction of sp³-hybridized carbons (Fsp3) is 0.100. The van der Waals surface area contributed by atoms with Gasteiger partial charge in [0.25, 0.3) is 0 Å². The van der Waals surface area contributed by atoms with E-state index in [1.165, 1.54) is 33.4 Å². The van der Waals surface area contributed by atoms with Crippen molar-refractivity contribution in [3.05, 3.63) is 270 Å². The maximum atomic E-state index is 2.33. The molecule has 9 aromatic carbocycles. The maximum absolute atomic E-state index is 2.33. The SMILES string of the molecule is Cc1ccc(N(c2ccc(N(c3ccccc3)c3cccc(C)c3)cc2)c2ccc(N(c3ccccc3)c3cccc(C)c3)cc2)cc1.Cc1cccc(C)c1.Cc1ccccc1. The lowest BCUT2D eigenvalue weighted by molar-refractivity contribution is 1.24. The Kier molecular flexibility index (Phi) is 14.7. The molecule has 0 aromatic heterocycles. The van der Waals surface area contributed by atoms with E-state index in [0.717, 1.165) is 51.2 Å². The lowest BCUT2D eigenvalue weighted by Crippen LogP contribution is -2.13. The molecule has 0 atom stereocenters. The Balaban J connectivity index is 0.000000334. The molecule has 0 unspecified atom stereocenters. The summed E-state index contributed by atoms with van der Waals surface area (Å²) in [6.07, 6.45) is 0. The lowest BCUT2D eigenvalue weighted by atomic mass is 10.1. The van der Waals surface area contributed by atoms with Crippen LogP contribution >= 0.6 is 0 Å². The van der Waals surface area contributed by atoms with Crippen LogP contribution in [0.25, 0.3) is 0 Å². The van der Waals surface area contributed by atoms with E-state index < -0.39 is 0 Å². The molecule has 0 amide bonds. The van der Waals surface area contributed by atoms with Gasteiger partial charge in [0.15, 0.2) is 0 Å². The molecule has 0 saturated heterocycles. The Hall–Kier alpha value is -7.62. The molecular formula is C60H57N3. The standard InChI is InChI=1S/C45H39N3.C8H10.C7H8/c1-34-20-22-39(23-21-34)46(40-24-28-42(29-25-40)47(37-14-6-4-7-15-37)44-18-10-12-35(2)32-44)41-26-30-43(31-27-41)48(38-16-8-5-9-17-38)45-19-11-13-36(3)33-45;1-7-4-3-5-8(2)6-7;1-7-5-3-2-4-6-7/h4-33H,1-3H3;3-6H,1-2H3;2-6H,1H3. The number of nitrogens with zero attached hydrogens (tertiary/aromatic N) is 3. The van der Waals surface area contributed by atoms with Crippen LogP contribution in [0.2, 0.25) is 0 Å². The summed E-state index contributed by atoms with van der Waals surface area (Å²) in [5, 5.41) is 0. The fourth-order valence-corrected chi connectivity index (χ4v) is 7.57. The van der Waals surface area contributed by atoms with Crippen molar-refractivity contribution in [1.82, 2.24) is 0 Å². The predicted octanol–water partition coefficient (Wildman–Crippen LogP) is 17.3. The first-order valence-corrected chi connectivity index (χ1v) is 21.7. The molecule has 9 rings (SSSR count). The van der Waals surface area contributed by atoms with Crippen molar-refractivity contribution in [3.8, 4) is 0 Å². The van der Waals surface area contributed by atoms with Gasteiger partial charge in [-0.1, -0.05) is 150 Å². The van der Waals surface area contributed by atoms with E-state index in [1.807, 2.05) is 18.2 Å². The number of anilines is 9. The Bertz CT molecular complexity index is 2610. The van der Waals surface area contributed by atoms with Gasteiger partial charge in [-0.2, -0.15) is 0 Å². The average Bonchev–Trinajstić information content (AvgIpc) is 3.30. The van der Waals surface area contributed by atoms with Crippen molar-refractivity contribution in [2.45, 2.75) is 41.5 Å². The van der Waals surface area contributed by atoms with Gasteiger partial charge in [0.1, 0.15) is 0 Å². The van der Waals surface area contributed by atoms with Gasteiger partial charge in [-0.15, -0.1) is 0 Å². The highest BCUT2D eigenvalue weighted by molar-refractivity contribution is 5.83. The molecule has 3 heteroatoms. The van der Waals surface area contributed by atoms with E-state index in [2.05, 4.69) is 275 Å². The molecule has 3 nitrogen and oxygen atoms in total. The molecule has 0 fully saturated rings. The van der Waals surface area contributed by atoms with Crippen molar-refractivity contribution in [2.24, 2.45) is 0 Å². The second kappa shape index (κ2) is 21.3. The van der Waals surface area contributed by atoms with Crippen LogP contribution in [0.1, 0.15) is 33.4 Å². The third kappa shape index (κ3) is 11.8. The van der Waals surface area contributed by atoms with Gasteiger partial charge in [0.2, 0.25) is 0 Å². The van der Waals surface area contributed by atoms with E-state index in [0.29, 0.717) is 0 Å². The third-order valence-corrected chi connectivity index (χ3v) is 10.7. The van der Waals surface area contributed by atoms with Crippen molar-refractivity contribution >= 4 is 51.2 Å². The monoisotopic (exact) mass is 819 g/mol. The summed E-state index contributed by atoms with van der Waals surface area (Å²) in [6, 6.07) is 83.7. The maximum Gasteiger partial charge on any atom is 0.0464 e. The molecule has 0 spiro atoms. The quantitative estimate of drug-likeness (QED) is 0.144. The number of rotatable bonds is 9. The average molecular weight is 820 g/mol. The van der Waals surface area contributed by atoms with Crippen LogP contribution in [0.5, 0.6) is 0 Å². The fourth-order valence-electron chi connectivity index (χ4n) is 7.57. The van der Waals surface area contributed by atoms with Crippen LogP contribution in [0.4, 0.5) is 51.2 Å². The second-order valence-corrected chi connectivity index (χ2v) is 16.0. The van der Waals surface area contributed by atoms with Crippen LogP contribution in [0, 0.1) is 41.5 Å². The molecule has 0 heterocycles.